The number of piperidine rings is 2. The van der Waals surface area contributed by atoms with Gasteiger partial charge in [-0.3, -0.25) is 9.59 Å². The number of nitrogens with one attached hydrogen (secondary N) is 3. The maximum absolute atomic E-state index is 13.2. The number of aryl methyl sites for hydroxylation is 1. The highest BCUT2D eigenvalue weighted by Gasteiger charge is 2.34. The lowest BCUT2D eigenvalue weighted by atomic mass is 10.0. The molecule has 0 bridgehead atoms. The van der Waals surface area contributed by atoms with Crippen molar-refractivity contribution in [3.05, 3.63) is 34.9 Å². The van der Waals surface area contributed by atoms with Crippen LogP contribution in [0.3, 0.4) is 0 Å². The standard InChI is InChI=1S/C32H46ClN11O4/c1-4-36-32(47)42-15-11-21(12-16-42)44-24-17-22(48-19-25(45)38-20-9-13-41(5-2)14-10-20)7-8-23(24)43(6-3)26(44)18-37-31(46)27-29(34)40-30(35)28(33)39-27/h7-8,17,20-21H,4-6,9-16,18-19H2,1-3H3,(H6-,34,35,36,37,38,40,45,46,47)/p+1. The van der Waals surface area contributed by atoms with Gasteiger partial charge in [-0.2, -0.15) is 0 Å². The van der Waals surface area contributed by atoms with Gasteiger partial charge in [0.15, 0.2) is 40.1 Å². The number of carbonyl (C=O) groups excluding carboxylic acids is 3. The fourth-order valence-corrected chi connectivity index (χ4v) is 6.74. The normalized spacial score (nSPS) is 16.2. The molecule has 0 aliphatic carbocycles. The van der Waals surface area contributed by atoms with Crippen LogP contribution in [0.1, 0.15) is 68.8 Å². The molecule has 3 aromatic rings. The Balaban J connectivity index is 1.39. The molecule has 2 fully saturated rings. The van der Waals surface area contributed by atoms with E-state index in [1.165, 1.54) is 0 Å². The highest BCUT2D eigenvalue weighted by Crippen LogP contribution is 2.31. The van der Waals surface area contributed by atoms with Crippen molar-refractivity contribution in [2.24, 2.45) is 0 Å². The van der Waals surface area contributed by atoms with E-state index in [4.69, 9.17) is 27.8 Å². The molecule has 2 aromatic heterocycles. The largest absolute Gasteiger partial charge is 0.484 e. The highest BCUT2D eigenvalue weighted by molar-refractivity contribution is 6.31. The summed E-state index contributed by atoms with van der Waals surface area (Å²) in [5.74, 6) is 0.557. The summed E-state index contributed by atoms with van der Waals surface area (Å²) in [6, 6.07) is 5.89. The summed E-state index contributed by atoms with van der Waals surface area (Å²) >= 11 is 6.03. The quantitative estimate of drug-likeness (QED) is 0.188. The van der Waals surface area contributed by atoms with Crippen molar-refractivity contribution in [3.63, 3.8) is 0 Å². The van der Waals surface area contributed by atoms with Crippen molar-refractivity contribution in [3.8, 4) is 5.75 Å². The number of imidazole rings is 1. The van der Waals surface area contributed by atoms with Crippen LogP contribution in [0.4, 0.5) is 16.4 Å². The number of nitrogens with two attached hydrogens (primary N) is 2. The molecule has 0 atom stereocenters. The number of urea groups is 1. The monoisotopic (exact) mass is 684 g/mol. The molecule has 1 aromatic carbocycles. The van der Waals surface area contributed by atoms with Gasteiger partial charge in [0.1, 0.15) is 18.3 Å². The molecule has 2 aliphatic heterocycles. The molecule has 16 heteroatoms. The summed E-state index contributed by atoms with van der Waals surface area (Å²) in [6.45, 7) is 11.5. The number of hydrogen-bond acceptors (Lipinski definition) is 9. The molecule has 2 saturated heterocycles. The summed E-state index contributed by atoms with van der Waals surface area (Å²) < 4.78 is 10.4. The zero-order chi connectivity index (χ0) is 34.4. The molecular weight excluding hydrogens is 638 g/mol. The Hall–Kier alpha value is -4.37. The number of anilines is 2. The van der Waals surface area contributed by atoms with Gasteiger partial charge in [-0.05, 0) is 45.4 Å². The summed E-state index contributed by atoms with van der Waals surface area (Å²) in [4.78, 5) is 50.8. The number of carbonyl (C=O) groups is 3. The second kappa shape index (κ2) is 15.7. The number of ether oxygens (including phenoxy) is 1. The Labute approximate surface area is 285 Å². The Morgan fingerprint density at radius 2 is 1.73 bits per heavy atom. The molecule has 0 saturated carbocycles. The second-order valence-corrected chi connectivity index (χ2v) is 12.5. The molecule has 2 aliphatic rings. The Bertz CT molecular complexity index is 1630. The lowest BCUT2D eigenvalue weighted by Gasteiger charge is -2.31. The minimum absolute atomic E-state index is 0.0289. The van der Waals surface area contributed by atoms with Gasteiger partial charge < -0.3 is 42.0 Å². The van der Waals surface area contributed by atoms with E-state index in [0.29, 0.717) is 44.8 Å². The molecule has 0 unspecified atom stereocenters. The van der Waals surface area contributed by atoms with Crippen LogP contribution < -0.4 is 36.7 Å². The van der Waals surface area contributed by atoms with Crippen LogP contribution >= 0.6 is 11.6 Å². The van der Waals surface area contributed by atoms with E-state index in [2.05, 4.69) is 46.9 Å². The minimum Gasteiger partial charge on any atom is -0.484 e. The van der Waals surface area contributed by atoms with E-state index in [-0.39, 0.29) is 59.7 Å². The van der Waals surface area contributed by atoms with Crippen molar-refractivity contribution in [2.75, 3.05) is 57.3 Å². The van der Waals surface area contributed by atoms with E-state index in [1.807, 2.05) is 36.9 Å². The SMILES string of the molecule is CCNC(=O)N1CCC(n2c(CNC(=O)c3nc(Cl)c(N)nc3N)[n+](CC)c3ccc(OCC(=O)NC4CCN(CC)CC4)cc32)CC1. The third-order valence-corrected chi connectivity index (χ3v) is 9.42. The van der Waals surface area contributed by atoms with Gasteiger partial charge in [-0.15, -0.1) is 0 Å². The van der Waals surface area contributed by atoms with Crippen molar-refractivity contribution in [2.45, 2.75) is 71.6 Å². The van der Waals surface area contributed by atoms with Crippen LogP contribution in [0.15, 0.2) is 18.2 Å². The molecule has 0 radical (unpaired) electrons. The molecular formula is C32H47ClN11O4+. The smallest absolute Gasteiger partial charge is 0.317 e. The predicted molar refractivity (Wildman–Crippen MR) is 183 cm³/mol. The molecule has 260 valence electrons. The average Bonchev–Trinajstić information content (AvgIpc) is 3.40. The van der Waals surface area contributed by atoms with Crippen molar-refractivity contribution < 1.29 is 23.7 Å². The fraction of sp³-hybridized carbons (Fsp3) is 0.562. The number of benzene rings is 1. The van der Waals surface area contributed by atoms with Crippen LogP contribution in [0, 0.1) is 0 Å². The van der Waals surface area contributed by atoms with E-state index in [9.17, 15) is 14.4 Å². The Kier molecular flexibility index (Phi) is 11.4. The average molecular weight is 685 g/mol. The summed E-state index contributed by atoms with van der Waals surface area (Å²) in [5, 5.41) is 8.84. The first-order valence-electron chi connectivity index (χ1n) is 16.7. The number of hydrogen-bond donors (Lipinski definition) is 5. The number of rotatable bonds is 11. The first-order chi connectivity index (χ1) is 23.1. The second-order valence-electron chi connectivity index (χ2n) is 12.1. The Morgan fingerprint density at radius 1 is 1.00 bits per heavy atom. The van der Waals surface area contributed by atoms with Crippen LogP contribution in [0.5, 0.6) is 5.75 Å². The molecule has 15 nitrogen and oxygen atoms in total. The third kappa shape index (κ3) is 7.84. The molecule has 5 rings (SSSR count). The molecule has 4 amide bonds. The first kappa shape index (κ1) is 35.0. The number of halogens is 1. The maximum atomic E-state index is 13.2. The minimum atomic E-state index is -0.539. The van der Waals surface area contributed by atoms with E-state index < -0.39 is 5.91 Å². The lowest BCUT2D eigenvalue weighted by Crippen LogP contribution is -2.45. The van der Waals surface area contributed by atoms with Crippen molar-refractivity contribution >= 4 is 52.1 Å². The topological polar surface area (TPSA) is 190 Å². The number of nitrogen functional groups attached to an aromatic ring is 2. The van der Waals surface area contributed by atoms with Crippen LogP contribution in [-0.4, -0.2) is 94.1 Å². The molecule has 0 spiro atoms. The van der Waals surface area contributed by atoms with E-state index in [1.54, 1.807) is 0 Å². The number of nitrogens with zero attached hydrogens (tertiary/aromatic N) is 6. The van der Waals surface area contributed by atoms with Gasteiger partial charge in [0.2, 0.25) is 0 Å². The van der Waals surface area contributed by atoms with Gasteiger partial charge in [0.25, 0.3) is 17.6 Å². The lowest BCUT2D eigenvalue weighted by molar-refractivity contribution is -0.676. The van der Waals surface area contributed by atoms with Crippen LogP contribution in [-0.2, 0) is 17.9 Å². The molecule has 48 heavy (non-hydrogen) atoms. The summed E-state index contributed by atoms with van der Waals surface area (Å²) in [5.41, 5.74) is 13.4. The van der Waals surface area contributed by atoms with Crippen LogP contribution in [0.2, 0.25) is 5.15 Å². The molecule has 7 N–H and O–H groups in total. The fourth-order valence-electron chi connectivity index (χ4n) is 6.62. The number of aromatic nitrogens is 4. The van der Waals surface area contributed by atoms with Gasteiger partial charge in [0.05, 0.1) is 6.54 Å². The first-order valence-corrected chi connectivity index (χ1v) is 17.1. The van der Waals surface area contributed by atoms with Gasteiger partial charge >= 0.3 is 6.03 Å². The van der Waals surface area contributed by atoms with Gasteiger partial charge in [0, 0.05) is 57.7 Å². The third-order valence-electron chi connectivity index (χ3n) is 9.14. The van der Waals surface area contributed by atoms with Crippen molar-refractivity contribution in [1.82, 2.24) is 40.3 Å². The summed E-state index contributed by atoms with van der Waals surface area (Å²) in [6.07, 6.45) is 3.28. The van der Waals surface area contributed by atoms with Gasteiger partial charge in [-0.25, -0.2) is 23.9 Å². The Morgan fingerprint density at radius 3 is 2.40 bits per heavy atom. The summed E-state index contributed by atoms with van der Waals surface area (Å²) in [7, 11) is 0. The predicted octanol–water partition coefficient (Wildman–Crippen LogP) is 1.83. The highest BCUT2D eigenvalue weighted by atomic mass is 35.5. The number of likely N-dealkylation sites (tertiary alicyclic amines) is 2. The zero-order valence-electron chi connectivity index (χ0n) is 27.9. The number of fused-ring (bicyclic) bond motifs is 1. The number of amides is 4. The van der Waals surface area contributed by atoms with Gasteiger partial charge in [-0.1, -0.05) is 18.5 Å². The van der Waals surface area contributed by atoms with E-state index >= 15 is 0 Å². The maximum Gasteiger partial charge on any atom is 0.317 e. The van der Waals surface area contributed by atoms with Crippen molar-refractivity contribution in [1.29, 1.82) is 0 Å². The zero-order valence-corrected chi connectivity index (χ0v) is 28.7. The van der Waals surface area contributed by atoms with E-state index in [0.717, 1.165) is 49.3 Å². The van der Waals surface area contributed by atoms with Crippen LogP contribution in [0.25, 0.3) is 11.0 Å². The molecule has 4 heterocycles.